The maximum Gasteiger partial charge on any atom is 0.232 e. The van der Waals surface area contributed by atoms with Crippen LogP contribution in [0.25, 0.3) is 0 Å². The summed E-state index contributed by atoms with van der Waals surface area (Å²) in [6.45, 7) is 3.80. The van der Waals surface area contributed by atoms with Crippen molar-refractivity contribution in [2.45, 2.75) is 0 Å². The highest BCUT2D eigenvalue weighted by atomic mass is 32.2. The Morgan fingerprint density at radius 1 is 1.38 bits per heavy atom. The summed E-state index contributed by atoms with van der Waals surface area (Å²) in [5, 5.41) is 0. The number of hydrogen-bond donors (Lipinski definition) is 0. The molecule has 0 heterocycles. The fourth-order valence-electron chi connectivity index (χ4n) is 1.30. The Hall–Kier alpha value is -1.49. The molecule has 0 spiro atoms. The monoisotopic (exact) mass is 241 g/mol. The van der Waals surface area contributed by atoms with Crippen molar-refractivity contribution in [1.82, 2.24) is 0 Å². The predicted octanol–water partition coefficient (Wildman–Crippen LogP) is 1.65. The van der Waals surface area contributed by atoms with Crippen LogP contribution in [0.15, 0.2) is 36.9 Å². The first kappa shape index (κ1) is 12.6. The molecule has 0 aliphatic heterocycles. The van der Waals surface area contributed by atoms with Crippen molar-refractivity contribution in [3.63, 3.8) is 0 Å². The Bertz CT molecular complexity index is 451. The van der Waals surface area contributed by atoms with Gasteiger partial charge in [-0.05, 0) is 24.3 Å². The van der Waals surface area contributed by atoms with E-state index in [1.807, 2.05) is 0 Å². The van der Waals surface area contributed by atoms with Crippen molar-refractivity contribution in [3.8, 4) is 5.75 Å². The number of hydrogen-bond acceptors (Lipinski definition) is 3. The van der Waals surface area contributed by atoms with E-state index in [0.717, 1.165) is 0 Å². The van der Waals surface area contributed by atoms with Gasteiger partial charge in [0.15, 0.2) is 0 Å². The molecule has 0 fully saturated rings. The maximum absolute atomic E-state index is 11.5. The summed E-state index contributed by atoms with van der Waals surface area (Å²) in [5.74, 6) is 0.691. The van der Waals surface area contributed by atoms with E-state index in [0.29, 0.717) is 11.4 Å². The minimum Gasteiger partial charge on any atom is -0.497 e. The number of sulfonamides is 1. The Morgan fingerprint density at radius 3 is 2.31 bits per heavy atom. The lowest BCUT2D eigenvalue weighted by Crippen LogP contribution is -2.29. The normalized spacial score (nSPS) is 10.9. The van der Waals surface area contributed by atoms with Crippen LogP contribution in [0.1, 0.15) is 0 Å². The molecular formula is C11H15NO3S. The summed E-state index contributed by atoms with van der Waals surface area (Å²) in [7, 11) is -1.72. The number of anilines is 1. The molecule has 0 aliphatic carbocycles. The standard InChI is InChI=1S/C11H15NO3S/c1-4-9-12(16(3,13)14)10-5-7-11(15-2)8-6-10/h4-8H,1,9H2,2-3H3. The van der Waals surface area contributed by atoms with Crippen LogP contribution < -0.4 is 9.04 Å². The second kappa shape index (κ2) is 5.03. The quantitative estimate of drug-likeness (QED) is 0.736. The van der Waals surface area contributed by atoms with Crippen LogP contribution in [0.4, 0.5) is 5.69 Å². The Balaban J connectivity index is 3.07. The third-order valence-corrected chi connectivity index (χ3v) is 3.22. The van der Waals surface area contributed by atoms with Gasteiger partial charge in [0.1, 0.15) is 5.75 Å². The van der Waals surface area contributed by atoms with Gasteiger partial charge in [0.05, 0.1) is 25.6 Å². The molecule has 0 saturated heterocycles. The second-order valence-corrected chi connectivity index (χ2v) is 5.19. The maximum atomic E-state index is 11.5. The van der Waals surface area contributed by atoms with Crippen LogP contribution in [0.5, 0.6) is 5.75 Å². The third kappa shape index (κ3) is 3.00. The molecule has 0 atom stereocenters. The fraction of sp³-hybridized carbons (Fsp3) is 0.273. The lowest BCUT2D eigenvalue weighted by Gasteiger charge is -2.20. The van der Waals surface area contributed by atoms with Crippen LogP contribution in [-0.4, -0.2) is 28.3 Å². The minimum absolute atomic E-state index is 0.255. The summed E-state index contributed by atoms with van der Waals surface area (Å²) in [5.41, 5.74) is 0.600. The Kier molecular flexibility index (Phi) is 3.95. The van der Waals surface area contributed by atoms with Crippen molar-refractivity contribution in [3.05, 3.63) is 36.9 Å². The highest BCUT2D eigenvalue weighted by molar-refractivity contribution is 7.92. The molecule has 0 bridgehead atoms. The SMILES string of the molecule is C=CCN(c1ccc(OC)cc1)S(C)(=O)=O. The molecule has 0 saturated carbocycles. The second-order valence-electron chi connectivity index (χ2n) is 3.28. The lowest BCUT2D eigenvalue weighted by molar-refractivity contribution is 0.415. The van der Waals surface area contributed by atoms with E-state index in [1.54, 1.807) is 37.5 Å². The molecule has 0 unspecified atom stereocenters. The average molecular weight is 241 g/mol. The van der Waals surface area contributed by atoms with Crippen LogP contribution >= 0.6 is 0 Å². The molecule has 1 aromatic carbocycles. The summed E-state index contributed by atoms with van der Waals surface area (Å²) in [6.07, 6.45) is 2.71. The highest BCUT2D eigenvalue weighted by Crippen LogP contribution is 2.21. The van der Waals surface area contributed by atoms with Gasteiger partial charge in [0.2, 0.25) is 10.0 Å². The number of nitrogens with zero attached hydrogens (tertiary/aromatic N) is 1. The van der Waals surface area contributed by atoms with E-state index in [-0.39, 0.29) is 6.54 Å². The summed E-state index contributed by atoms with van der Waals surface area (Å²) in [6, 6.07) is 6.83. The van der Waals surface area contributed by atoms with Crippen molar-refractivity contribution in [1.29, 1.82) is 0 Å². The first-order chi connectivity index (χ1) is 7.49. The molecule has 16 heavy (non-hydrogen) atoms. The van der Waals surface area contributed by atoms with Gasteiger partial charge in [-0.3, -0.25) is 4.31 Å². The number of ether oxygens (including phenoxy) is 1. The van der Waals surface area contributed by atoms with E-state index in [4.69, 9.17) is 4.74 Å². The minimum atomic E-state index is -3.28. The van der Waals surface area contributed by atoms with Crippen LogP contribution in [0, 0.1) is 0 Å². The molecule has 0 radical (unpaired) electrons. The number of benzene rings is 1. The van der Waals surface area contributed by atoms with Gasteiger partial charge in [-0.15, -0.1) is 6.58 Å². The molecule has 4 nitrogen and oxygen atoms in total. The first-order valence-corrected chi connectivity index (χ1v) is 6.56. The third-order valence-electron chi connectivity index (χ3n) is 2.06. The average Bonchev–Trinajstić information content (AvgIpc) is 2.25. The summed E-state index contributed by atoms with van der Waals surface area (Å²) in [4.78, 5) is 0. The molecular weight excluding hydrogens is 226 g/mol. The number of rotatable bonds is 5. The van der Waals surface area contributed by atoms with Crippen molar-refractivity contribution in [2.75, 3.05) is 24.2 Å². The van der Waals surface area contributed by atoms with E-state index >= 15 is 0 Å². The van der Waals surface area contributed by atoms with Crippen molar-refractivity contribution in [2.24, 2.45) is 0 Å². The fourth-order valence-corrected chi connectivity index (χ4v) is 2.18. The molecule has 1 rings (SSSR count). The first-order valence-electron chi connectivity index (χ1n) is 4.71. The molecule has 0 aliphatic rings. The topological polar surface area (TPSA) is 46.6 Å². The molecule has 5 heteroatoms. The summed E-state index contributed by atoms with van der Waals surface area (Å²) >= 11 is 0. The van der Waals surface area contributed by atoms with Gasteiger partial charge in [0.25, 0.3) is 0 Å². The summed E-state index contributed by atoms with van der Waals surface area (Å²) < 4.78 is 29.3. The molecule has 1 aromatic rings. The van der Waals surface area contributed by atoms with Gasteiger partial charge in [-0.25, -0.2) is 8.42 Å². The zero-order valence-corrected chi connectivity index (χ0v) is 10.2. The Labute approximate surface area is 96.2 Å². The van der Waals surface area contributed by atoms with Gasteiger partial charge in [-0.2, -0.15) is 0 Å². The number of methoxy groups -OCH3 is 1. The van der Waals surface area contributed by atoms with E-state index in [9.17, 15) is 8.42 Å². The van der Waals surface area contributed by atoms with E-state index in [2.05, 4.69) is 6.58 Å². The van der Waals surface area contributed by atoms with Crippen LogP contribution in [-0.2, 0) is 10.0 Å². The largest absolute Gasteiger partial charge is 0.497 e. The van der Waals surface area contributed by atoms with Crippen molar-refractivity contribution < 1.29 is 13.2 Å². The van der Waals surface area contributed by atoms with Crippen LogP contribution in [0.2, 0.25) is 0 Å². The Morgan fingerprint density at radius 2 is 1.94 bits per heavy atom. The van der Waals surface area contributed by atoms with Crippen LogP contribution in [0.3, 0.4) is 0 Å². The smallest absolute Gasteiger partial charge is 0.232 e. The van der Waals surface area contributed by atoms with Crippen molar-refractivity contribution >= 4 is 15.7 Å². The molecule has 0 N–H and O–H groups in total. The van der Waals surface area contributed by atoms with Gasteiger partial charge in [-0.1, -0.05) is 6.08 Å². The zero-order valence-electron chi connectivity index (χ0n) is 9.38. The van der Waals surface area contributed by atoms with E-state index in [1.165, 1.54) is 10.6 Å². The highest BCUT2D eigenvalue weighted by Gasteiger charge is 2.15. The predicted molar refractivity (Wildman–Crippen MR) is 65.4 cm³/mol. The van der Waals surface area contributed by atoms with Gasteiger partial charge < -0.3 is 4.74 Å². The molecule has 0 amide bonds. The van der Waals surface area contributed by atoms with Gasteiger partial charge >= 0.3 is 0 Å². The van der Waals surface area contributed by atoms with Gasteiger partial charge in [0, 0.05) is 0 Å². The lowest BCUT2D eigenvalue weighted by atomic mass is 10.3. The molecule has 0 aromatic heterocycles. The molecule has 88 valence electrons. The van der Waals surface area contributed by atoms with E-state index < -0.39 is 10.0 Å². The zero-order chi connectivity index (χ0) is 12.2.